The molecule has 1 heterocycles. The molecule has 1 amide bonds. The van der Waals surface area contributed by atoms with Crippen molar-refractivity contribution in [2.45, 2.75) is 43.9 Å². The summed E-state index contributed by atoms with van der Waals surface area (Å²) in [5.74, 6) is 0.736. The molecule has 0 radical (unpaired) electrons. The number of carbonyl (C=O) groups is 1. The van der Waals surface area contributed by atoms with E-state index in [-0.39, 0.29) is 17.2 Å². The Balaban J connectivity index is 1.39. The van der Waals surface area contributed by atoms with E-state index in [9.17, 15) is 4.79 Å². The van der Waals surface area contributed by atoms with Crippen molar-refractivity contribution < 1.29 is 4.79 Å². The molecule has 1 aliphatic carbocycles. The molecule has 1 aromatic carbocycles. The van der Waals surface area contributed by atoms with Gasteiger partial charge in [0, 0.05) is 32.1 Å². The number of nitrogens with two attached hydrogens (primary N) is 1. The maximum Gasteiger partial charge on any atom is 0.221 e. The van der Waals surface area contributed by atoms with E-state index in [0.717, 1.165) is 57.9 Å². The number of guanidine groups is 1. The van der Waals surface area contributed by atoms with Gasteiger partial charge in [0.2, 0.25) is 5.91 Å². The molecular formula is C22H35N5O. The van der Waals surface area contributed by atoms with Crippen LogP contribution in [0.2, 0.25) is 0 Å². The quantitative estimate of drug-likeness (QED) is 0.362. The Morgan fingerprint density at radius 2 is 2.04 bits per heavy atom. The molecule has 1 aromatic rings. The van der Waals surface area contributed by atoms with Gasteiger partial charge in [-0.3, -0.25) is 9.79 Å². The third kappa shape index (κ3) is 5.25. The molecule has 6 heteroatoms. The van der Waals surface area contributed by atoms with Crippen LogP contribution in [0, 0.1) is 5.92 Å². The number of nitrogens with zero attached hydrogens (tertiary/aromatic N) is 2. The molecule has 1 saturated carbocycles. The lowest BCUT2D eigenvalue weighted by molar-refractivity contribution is -0.123. The highest BCUT2D eigenvalue weighted by molar-refractivity contribution is 5.79. The fraction of sp³-hybridized carbons (Fsp3) is 0.636. The first-order chi connectivity index (χ1) is 13.6. The zero-order valence-electron chi connectivity index (χ0n) is 17.1. The first-order valence-electron chi connectivity index (χ1n) is 10.6. The summed E-state index contributed by atoms with van der Waals surface area (Å²) in [5.41, 5.74) is 7.14. The van der Waals surface area contributed by atoms with Gasteiger partial charge in [-0.1, -0.05) is 36.8 Å². The SMILES string of the molecule is CN=C(NCCCN1CCCC(C(N)=O)C1)NCC1(c2ccccc2)CCC1. The molecule has 1 atom stereocenters. The van der Waals surface area contributed by atoms with Crippen molar-refractivity contribution in [3.63, 3.8) is 0 Å². The van der Waals surface area contributed by atoms with Gasteiger partial charge >= 0.3 is 0 Å². The van der Waals surface area contributed by atoms with Crippen molar-refractivity contribution in [3.05, 3.63) is 35.9 Å². The van der Waals surface area contributed by atoms with Gasteiger partial charge in [-0.15, -0.1) is 0 Å². The van der Waals surface area contributed by atoms with Gasteiger partial charge in [-0.2, -0.15) is 0 Å². The lowest BCUT2D eigenvalue weighted by Crippen LogP contribution is -2.49. The summed E-state index contributed by atoms with van der Waals surface area (Å²) in [6, 6.07) is 10.8. The summed E-state index contributed by atoms with van der Waals surface area (Å²) >= 11 is 0. The molecule has 28 heavy (non-hydrogen) atoms. The third-order valence-corrected chi connectivity index (χ3v) is 6.37. The second-order valence-corrected chi connectivity index (χ2v) is 8.25. The number of likely N-dealkylation sites (tertiary alicyclic amines) is 1. The Morgan fingerprint density at radius 1 is 1.25 bits per heavy atom. The highest BCUT2D eigenvalue weighted by Gasteiger charge is 2.38. The minimum Gasteiger partial charge on any atom is -0.369 e. The molecule has 3 rings (SSSR count). The zero-order chi connectivity index (χ0) is 19.8. The Hall–Kier alpha value is -2.08. The molecule has 0 aromatic heterocycles. The van der Waals surface area contributed by atoms with Crippen LogP contribution < -0.4 is 16.4 Å². The minimum absolute atomic E-state index is 0.0211. The molecule has 1 aliphatic heterocycles. The number of hydrogen-bond acceptors (Lipinski definition) is 3. The van der Waals surface area contributed by atoms with Crippen molar-refractivity contribution in [1.82, 2.24) is 15.5 Å². The molecular weight excluding hydrogens is 350 g/mol. The topological polar surface area (TPSA) is 82.8 Å². The first kappa shape index (κ1) is 20.6. The predicted octanol–water partition coefficient (Wildman–Crippen LogP) is 1.86. The van der Waals surface area contributed by atoms with Crippen LogP contribution in [0.4, 0.5) is 0 Å². The molecule has 0 spiro atoms. The molecule has 2 aliphatic rings. The molecule has 0 bridgehead atoms. The number of benzene rings is 1. The van der Waals surface area contributed by atoms with Gasteiger partial charge in [0.15, 0.2) is 5.96 Å². The van der Waals surface area contributed by atoms with Crippen molar-refractivity contribution >= 4 is 11.9 Å². The maximum absolute atomic E-state index is 11.4. The third-order valence-electron chi connectivity index (χ3n) is 6.37. The van der Waals surface area contributed by atoms with E-state index in [1.165, 1.54) is 24.8 Å². The second kappa shape index (κ2) is 9.92. The number of piperidine rings is 1. The highest BCUT2D eigenvalue weighted by Crippen LogP contribution is 2.43. The van der Waals surface area contributed by atoms with Gasteiger partial charge in [0.25, 0.3) is 0 Å². The van der Waals surface area contributed by atoms with Crippen LogP contribution in [0.3, 0.4) is 0 Å². The van der Waals surface area contributed by atoms with Crippen LogP contribution in [0.15, 0.2) is 35.3 Å². The lowest BCUT2D eigenvalue weighted by Gasteiger charge is -2.43. The maximum atomic E-state index is 11.4. The summed E-state index contributed by atoms with van der Waals surface area (Å²) in [4.78, 5) is 18.1. The monoisotopic (exact) mass is 385 g/mol. The summed E-state index contributed by atoms with van der Waals surface area (Å²) < 4.78 is 0. The van der Waals surface area contributed by atoms with Crippen LogP contribution in [-0.2, 0) is 10.2 Å². The lowest BCUT2D eigenvalue weighted by atomic mass is 9.64. The molecule has 4 N–H and O–H groups in total. The van der Waals surface area contributed by atoms with E-state index in [0.29, 0.717) is 0 Å². The van der Waals surface area contributed by atoms with Crippen LogP contribution in [0.5, 0.6) is 0 Å². The van der Waals surface area contributed by atoms with E-state index in [1.54, 1.807) is 0 Å². The smallest absolute Gasteiger partial charge is 0.221 e. The van der Waals surface area contributed by atoms with Crippen molar-refractivity contribution in [1.29, 1.82) is 0 Å². The fourth-order valence-electron chi connectivity index (χ4n) is 4.44. The number of primary amides is 1. The van der Waals surface area contributed by atoms with Gasteiger partial charge in [0.05, 0.1) is 5.92 Å². The van der Waals surface area contributed by atoms with Crippen LogP contribution in [0.25, 0.3) is 0 Å². The second-order valence-electron chi connectivity index (χ2n) is 8.25. The molecule has 2 fully saturated rings. The number of aliphatic imine (C=N–C) groups is 1. The normalized spacial score (nSPS) is 22.3. The summed E-state index contributed by atoms with van der Waals surface area (Å²) in [6.07, 6.45) is 6.78. The molecule has 6 nitrogen and oxygen atoms in total. The van der Waals surface area contributed by atoms with Gasteiger partial charge < -0.3 is 21.3 Å². The number of amides is 1. The van der Waals surface area contributed by atoms with E-state index in [4.69, 9.17) is 5.73 Å². The standard InChI is InChI=1S/C22H35N5O/c1-24-21(25-13-7-15-27-14-5-8-18(16-27)20(23)28)26-17-22(11-6-12-22)19-9-3-2-4-10-19/h2-4,9-10,18H,5-8,11-17H2,1H3,(H2,23,28)(H2,24,25,26). The van der Waals surface area contributed by atoms with E-state index < -0.39 is 0 Å². The number of hydrogen-bond donors (Lipinski definition) is 3. The van der Waals surface area contributed by atoms with E-state index in [1.807, 2.05) is 7.05 Å². The van der Waals surface area contributed by atoms with Gasteiger partial charge in [0.1, 0.15) is 0 Å². The van der Waals surface area contributed by atoms with Crippen LogP contribution in [-0.4, -0.2) is 56.5 Å². The van der Waals surface area contributed by atoms with Crippen LogP contribution in [0.1, 0.15) is 44.1 Å². The van der Waals surface area contributed by atoms with Gasteiger partial charge in [-0.25, -0.2) is 0 Å². The van der Waals surface area contributed by atoms with Gasteiger partial charge in [-0.05, 0) is 50.8 Å². The number of nitrogens with one attached hydrogen (secondary N) is 2. The van der Waals surface area contributed by atoms with Crippen molar-refractivity contribution in [2.24, 2.45) is 16.6 Å². The average Bonchev–Trinajstić information content (AvgIpc) is 2.69. The Bertz CT molecular complexity index is 656. The van der Waals surface area contributed by atoms with Crippen molar-refractivity contribution in [2.75, 3.05) is 39.8 Å². The predicted molar refractivity (Wildman–Crippen MR) is 114 cm³/mol. The Labute approximate surface area is 169 Å². The first-order valence-corrected chi connectivity index (χ1v) is 10.6. The van der Waals surface area contributed by atoms with E-state index in [2.05, 4.69) is 50.9 Å². The highest BCUT2D eigenvalue weighted by atomic mass is 16.1. The minimum atomic E-state index is -0.157. The van der Waals surface area contributed by atoms with Crippen molar-refractivity contribution in [3.8, 4) is 0 Å². The molecule has 1 unspecified atom stereocenters. The fourth-order valence-corrected chi connectivity index (χ4v) is 4.44. The summed E-state index contributed by atoms with van der Waals surface area (Å²) in [7, 11) is 1.83. The molecule has 1 saturated heterocycles. The average molecular weight is 386 g/mol. The molecule has 154 valence electrons. The Morgan fingerprint density at radius 3 is 2.68 bits per heavy atom. The number of carbonyl (C=O) groups excluding carboxylic acids is 1. The summed E-state index contributed by atoms with van der Waals surface area (Å²) in [5, 5.41) is 6.97. The largest absolute Gasteiger partial charge is 0.369 e. The Kier molecular flexibility index (Phi) is 7.31. The van der Waals surface area contributed by atoms with E-state index >= 15 is 0 Å². The zero-order valence-corrected chi connectivity index (χ0v) is 17.1. The summed E-state index contributed by atoms with van der Waals surface area (Å²) in [6.45, 7) is 4.65. The number of rotatable bonds is 8. The van der Waals surface area contributed by atoms with Crippen LogP contribution >= 0.6 is 0 Å².